The van der Waals surface area contributed by atoms with Crippen LogP contribution in [0.2, 0.25) is 0 Å². The Hall–Kier alpha value is -2.21. The minimum atomic E-state index is -1.57. The molecule has 1 aromatic carbocycles. The number of carbonyl (C=O) groups excluding carboxylic acids is 2. The van der Waals surface area contributed by atoms with Gasteiger partial charge in [0.15, 0.2) is 6.04 Å². The molecule has 0 saturated carbocycles. The third-order valence-electron chi connectivity index (χ3n) is 2.81. The van der Waals surface area contributed by atoms with Gasteiger partial charge in [-0.15, -0.1) is 0 Å². The Balaban J connectivity index is 2.47. The largest absolute Gasteiger partial charge is 0.480 e. The molecule has 0 spiro atoms. The van der Waals surface area contributed by atoms with Crippen molar-refractivity contribution in [3.8, 4) is 0 Å². The zero-order valence-electron chi connectivity index (χ0n) is 9.53. The van der Waals surface area contributed by atoms with Crippen molar-refractivity contribution in [2.24, 2.45) is 0 Å². The van der Waals surface area contributed by atoms with Crippen molar-refractivity contribution >= 4 is 17.8 Å². The molecule has 0 aromatic heterocycles. The number of hydrogen-bond donors (Lipinski definition) is 2. The Morgan fingerprint density at radius 3 is 1.94 bits per heavy atom. The van der Waals surface area contributed by atoms with Crippen LogP contribution in [0.25, 0.3) is 0 Å². The predicted molar refractivity (Wildman–Crippen MR) is 60.0 cm³/mol. The summed E-state index contributed by atoms with van der Waals surface area (Å²) < 4.78 is 0. The number of carboxylic acid groups (broad SMARTS) is 1. The van der Waals surface area contributed by atoms with Crippen molar-refractivity contribution in [1.82, 2.24) is 4.90 Å². The average Bonchev–Trinajstić information content (AvgIpc) is 2.55. The fraction of sp³-hybridized carbons (Fsp3) is 0.250. The molecule has 0 bridgehead atoms. The van der Waals surface area contributed by atoms with E-state index < -0.39 is 29.9 Å². The smallest absolute Gasteiger partial charge is 0.329 e. The van der Waals surface area contributed by atoms with Gasteiger partial charge in [-0.1, -0.05) is 12.1 Å². The van der Waals surface area contributed by atoms with E-state index in [9.17, 15) is 19.5 Å². The molecule has 1 aromatic rings. The summed E-state index contributed by atoms with van der Waals surface area (Å²) in [5.74, 6) is -2.80. The van der Waals surface area contributed by atoms with Crippen molar-refractivity contribution in [2.75, 3.05) is 0 Å². The van der Waals surface area contributed by atoms with E-state index in [1.54, 1.807) is 12.1 Å². The topological polar surface area (TPSA) is 94.9 Å². The summed E-state index contributed by atoms with van der Waals surface area (Å²) in [7, 11) is 0. The van der Waals surface area contributed by atoms with E-state index in [1.807, 2.05) is 0 Å². The summed E-state index contributed by atoms with van der Waals surface area (Å²) in [4.78, 5) is 35.6. The van der Waals surface area contributed by atoms with Crippen LogP contribution >= 0.6 is 0 Å². The van der Waals surface area contributed by atoms with Crippen LogP contribution in [-0.4, -0.2) is 45.0 Å². The Morgan fingerprint density at radius 1 is 1.17 bits per heavy atom. The summed E-state index contributed by atoms with van der Waals surface area (Å²) in [5.41, 5.74) is 0.323. The van der Waals surface area contributed by atoms with Gasteiger partial charge in [-0.25, -0.2) is 4.79 Å². The summed E-state index contributed by atoms with van der Waals surface area (Å²) in [6, 6.07) is 4.52. The zero-order valence-corrected chi connectivity index (χ0v) is 9.53. The highest BCUT2D eigenvalue weighted by Gasteiger charge is 2.44. The Bertz CT molecular complexity index is 502. The van der Waals surface area contributed by atoms with Crippen LogP contribution in [0.5, 0.6) is 0 Å². The van der Waals surface area contributed by atoms with Gasteiger partial charge in [-0.05, 0) is 19.1 Å². The number of aliphatic hydroxyl groups excluding tert-OH is 1. The van der Waals surface area contributed by atoms with Gasteiger partial charge in [0.25, 0.3) is 11.8 Å². The number of amides is 2. The molecule has 2 rings (SSSR count). The van der Waals surface area contributed by atoms with E-state index in [2.05, 4.69) is 0 Å². The SMILES string of the molecule is CC(O)[C@H](C(=O)O)N1C(=O)c2ccccc2C1=O. The fourth-order valence-electron chi connectivity index (χ4n) is 1.99. The van der Waals surface area contributed by atoms with Crippen LogP contribution in [0.1, 0.15) is 27.6 Å². The molecule has 0 radical (unpaired) electrons. The van der Waals surface area contributed by atoms with Crippen LogP contribution in [-0.2, 0) is 4.79 Å². The third-order valence-corrected chi connectivity index (χ3v) is 2.81. The molecule has 1 heterocycles. The number of carboxylic acids is 1. The molecule has 1 unspecified atom stereocenters. The maximum absolute atomic E-state index is 12.0. The fourth-order valence-corrected chi connectivity index (χ4v) is 1.99. The average molecular weight is 249 g/mol. The van der Waals surface area contributed by atoms with E-state index in [-0.39, 0.29) is 11.1 Å². The van der Waals surface area contributed by atoms with Crippen LogP contribution in [0, 0.1) is 0 Å². The first-order valence-electron chi connectivity index (χ1n) is 5.33. The molecule has 2 atom stereocenters. The number of nitrogens with zero attached hydrogens (tertiary/aromatic N) is 1. The number of carbonyl (C=O) groups is 3. The molecule has 2 amide bonds. The van der Waals surface area contributed by atoms with Gasteiger partial charge in [-0.2, -0.15) is 0 Å². The monoisotopic (exact) mass is 249 g/mol. The number of rotatable bonds is 3. The quantitative estimate of drug-likeness (QED) is 0.742. The lowest BCUT2D eigenvalue weighted by Crippen LogP contribution is -2.50. The van der Waals surface area contributed by atoms with Gasteiger partial charge in [0, 0.05) is 0 Å². The number of hydrogen-bond acceptors (Lipinski definition) is 4. The predicted octanol–water partition coefficient (Wildman–Crippen LogP) is 0.117. The second-order valence-electron chi connectivity index (χ2n) is 4.05. The van der Waals surface area contributed by atoms with Gasteiger partial charge in [-0.3, -0.25) is 14.5 Å². The Kier molecular flexibility index (Phi) is 2.88. The van der Waals surface area contributed by atoms with Crippen LogP contribution < -0.4 is 0 Å². The van der Waals surface area contributed by atoms with E-state index in [4.69, 9.17) is 5.11 Å². The van der Waals surface area contributed by atoms with Gasteiger partial charge < -0.3 is 10.2 Å². The number of aliphatic hydroxyl groups is 1. The van der Waals surface area contributed by atoms with Crippen molar-refractivity contribution < 1.29 is 24.6 Å². The van der Waals surface area contributed by atoms with Gasteiger partial charge in [0.1, 0.15) is 0 Å². The molecule has 18 heavy (non-hydrogen) atoms. The highest BCUT2D eigenvalue weighted by atomic mass is 16.4. The number of imide groups is 1. The molecule has 94 valence electrons. The minimum absolute atomic E-state index is 0.161. The first-order chi connectivity index (χ1) is 8.45. The highest BCUT2D eigenvalue weighted by molar-refractivity contribution is 6.22. The standard InChI is InChI=1S/C12H11NO5/c1-6(14)9(12(17)18)13-10(15)7-4-2-3-5-8(7)11(13)16/h2-6,9,14H,1H3,(H,17,18)/t6?,9-/m1/s1. The summed E-state index contributed by atoms with van der Waals surface area (Å²) >= 11 is 0. The Morgan fingerprint density at radius 2 is 1.61 bits per heavy atom. The molecular formula is C12H11NO5. The van der Waals surface area contributed by atoms with E-state index in [0.29, 0.717) is 4.90 Å². The minimum Gasteiger partial charge on any atom is -0.480 e. The second kappa shape index (κ2) is 4.23. The number of fused-ring (bicyclic) bond motifs is 1. The molecule has 0 saturated heterocycles. The molecule has 1 aliphatic heterocycles. The molecule has 1 aliphatic rings. The molecule has 0 aliphatic carbocycles. The van der Waals surface area contributed by atoms with E-state index in [0.717, 1.165) is 0 Å². The number of benzene rings is 1. The van der Waals surface area contributed by atoms with Crippen LogP contribution in [0.3, 0.4) is 0 Å². The summed E-state index contributed by atoms with van der Waals surface area (Å²) in [6.07, 6.45) is -1.34. The molecule has 2 N–H and O–H groups in total. The van der Waals surface area contributed by atoms with Gasteiger partial charge in [0.05, 0.1) is 17.2 Å². The first-order valence-corrected chi connectivity index (χ1v) is 5.33. The third kappa shape index (κ3) is 1.67. The van der Waals surface area contributed by atoms with Crippen LogP contribution in [0.15, 0.2) is 24.3 Å². The Labute approximate surface area is 102 Å². The molecule has 6 heteroatoms. The molecule has 6 nitrogen and oxygen atoms in total. The van der Waals surface area contributed by atoms with Crippen molar-refractivity contribution in [3.63, 3.8) is 0 Å². The first kappa shape index (κ1) is 12.3. The summed E-state index contributed by atoms with van der Waals surface area (Å²) in [6.45, 7) is 1.22. The van der Waals surface area contributed by atoms with Crippen LogP contribution in [0.4, 0.5) is 0 Å². The maximum atomic E-state index is 12.0. The number of aliphatic carboxylic acids is 1. The molecule has 0 fully saturated rings. The van der Waals surface area contributed by atoms with Gasteiger partial charge >= 0.3 is 5.97 Å². The zero-order chi connectivity index (χ0) is 13.4. The highest BCUT2D eigenvalue weighted by Crippen LogP contribution is 2.25. The lowest BCUT2D eigenvalue weighted by molar-refractivity contribution is -0.145. The van der Waals surface area contributed by atoms with Crippen molar-refractivity contribution in [2.45, 2.75) is 19.1 Å². The molecular weight excluding hydrogens is 238 g/mol. The lowest BCUT2D eigenvalue weighted by atomic mass is 10.1. The lowest BCUT2D eigenvalue weighted by Gasteiger charge is -2.24. The maximum Gasteiger partial charge on any atom is 0.329 e. The normalized spacial score (nSPS) is 17.6. The van der Waals surface area contributed by atoms with E-state index >= 15 is 0 Å². The van der Waals surface area contributed by atoms with E-state index in [1.165, 1.54) is 19.1 Å². The summed E-state index contributed by atoms with van der Waals surface area (Å²) in [5, 5.41) is 18.4. The van der Waals surface area contributed by atoms with Crippen molar-refractivity contribution in [3.05, 3.63) is 35.4 Å². The van der Waals surface area contributed by atoms with Gasteiger partial charge in [0.2, 0.25) is 0 Å². The van der Waals surface area contributed by atoms with Crippen molar-refractivity contribution in [1.29, 1.82) is 0 Å². The second-order valence-corrected chi connectivity index (χ2v) is 4.05.